The molecule has 0 radical (unpaired) electrons. The molecule has 4 nitrogen and oxygen atoms in total. The van der Waals surface area contributed by atoms with Crippen molar-refractivity contribution in [1.29, 1.82) is 0 Å². The van der Waals surface area contributed by atoms with Crippen LogP contribution in [0.4, 0.5) is 0 Å². The van der Waals surface area contributed by atoms with Crippen LogP contribution in [0.2, 0.25) is 0 Å². The summed E-state index contributed by atoms with van der Waals surface area (Å²) < 4.78 is 5.37. The SMILES string of the molecule is CCC(C)Cc1ccc(C)c(-c2ncc(C(=O)OCc3ccccc3)[nH]2)c1. The highest BCUT2D eigenvalue weighted by atomic mass is 16.5. The van der Waals surface area contributed by atoms with Crippen molar-refractivity contribution in [3.63, 3.8) is 0 Å². The lowest BCUT2D eigenvalue weighted by atomic mass is 9.96. The standard InChI is InChI=1S/C23H26N2O2/c1-4-16(2)12-19-11-10-17(3)20(13-19)22-24-14-21(25-22)23(26)27-15-18-8-6-5-7-9-18/h5-11,13-14,16H,4,12,15H2,1-3H3,(H,24,25). The summed E-state index contributed by atoms with van der Waals surface area (Å²) in [7, 11) is 0. The molecule has 27 heavy (non-hydrogen) atoms. The first-order valence-electron chi connectivity index (χ1n) is 9.42. The molecule has 1 aromatic heterocycles. The zero-order valence-corrected chi connectivity index (χ0v) is 16.2. The number of hydrogen-bond donors (Lipinski definition) is 1. The van der Waals surface area contributed by atoms with Crippen LogP contribution < -0.4 is 0 Å². The first kappa shape index (κ1) is 18.9. The minimum absolute atomic E-state index is 0.247. The van der Waals surface area contributed by atoms with Crippen molar-refractivity contribution in [3.8, 4) is 11.4 Å². The molecule has 0 saturated carbocycles. The number of aromatic nitrogens is 2. The van der Waals surface area contributed by atoms with Crippen molar-refractivity contribution in [2.75, 3.05) is 0 Å². The molecule has 0 aliphatic carbocycles. The van der Waals surface area contributed by atoms with Crippen LogP contribution in [0.3, 0.4) is 0 Å². The van der Waals surface area contributed by atoms with Crippen LogP contribution in [-0.4, -0.2) is 15.9 Å². The highest BCUT2D eigenvalue weighted by molar-refractivity contribution is 5.87. The monoisotopic (exact) mass is 362 g/mol. The minimum atomic E-state index is -0.397. The summed E-state index contributed by atoms with van der Waals surface area (Å²) in [5.74, 6) is 0.942. The Morgan fingerprint density at radius 3 is 2.67 bits per heavy atom. The fraction of sp³-hybridized carbons (Fsp3) is 0.304. The molecule has 140 valence electrons. The Morgan fingerprint density at radius 1 is 1.15 bits per heavy atom. The van der Waals surface area contributed by atoms with Gasteiger partial charge in [0.1, 0.15) is 18.1 Å². The lowest BCUT2D eigenvalue weighted by Crippen LogP contribution is -2.05. The number of ether oxygens (including phenoxy) is 1. The highest BCUT2D eigenvalue weighted by Crippen LogP contribution is 2.24. The number of carbonyl (C=O) groups is 1. The number of esters is 1. The number of nitrogens with one attached hydrogen (secondary N) is 1. The van der Waals surface area contributed by atoms with Crippen LogP contribution in [0.25, 0.3) is 11.4 Å². The number of rotatable bonds is 7. The van der Waals surface area contributed by atoms with Crippen molar-refractivity contribution in [1.82, 2.24) is 9.97 Å². The maximum absolute atomic E-state index is 12.3. The smallest absolute Gasteiger partial charge is 0.356 e. The number of hydrogen-bond acceptors (Lipinski definition) is 3. The molecule has 0 aliphatic rings. The molecule has 0 fully saturated rings. The van der Waals surface area contributed by atoms with Crippen molar-refractivity contribution < 1.29 is 9.53 Å². The summed E-state index contributed by atoms with van der Waals surface area (Å²) in [5.41, 5.74) is 4.76. The maximum atomic E-state index is 12.3. The molecule has 2 aromatic carbocycles. The molecule has 4 heteroatoms. The third kappa shape index (κ3) is 4.85. The van der Waals surface area contributed by atoms with Gasteiger partial charge in [-0.25, -0.2) is 9.78 Å². The van der Waals surface area contributed by atoms with Gasteiger partial charge in [-0.15, -0.1) is 0 Å². The van der Waals surface area contributed by atoms with Crippen molar-refractivity contribution in [2.45, 2.75) is 40.2 Å². The number of imidazole rings is 1. The van der Waals surface area contributed by atoms with Gasteiger partial charge in [-0.2, -0.15) is 0 Å². The molecule has 1 heterocycles. The van der Waals surface area contributed by atoms with Gasteiger partial charge in [-0.1, -0.05) is 62.7 Å². The largest absolute Gasteiger partial charge is 0.456 e. The van der Waals surface area contributed by atoms with E-state index in [-0.39, 0.29) is 6.61 Å². The number of carbonyl (C=O) groups excluding carboxylic acids is 1. The average Bonchev–Trinajstić information content (AvgIpc) is 3.18. The third-order valence-electron chi connectivity index (χ3n) is 4.85. The fourth-order valence-corrected chi connectivity index (χ4v) is 2.96. The lowest BCUT2D eigenvalue weighted by Gasteiger charge is -2.11. The molecular formula is C23H26N2O2. The molecule has 3 rings (SSSR count). The molecule has 1 N–H and O–H groups in total. The fourth-order valence-electron chi connectivity index (χ4n) is 2.96. The summed E-state index contributed by atoms with van der Waals surface area (Å²) >= 11 is 0. The van der Waals surface area contributed by atoms with Crippen LogP contribution in [0.5, 0.6) is 0 Å². The van der Waals surface area contributed by atoms with E-state index in [9.17, 15) is 4.79 Å². The Hall–Kier alpha value is -2.88. The lowest BCUT2D eigenvalue weighted by molar-refractivity contribution is 0.0466. The summed E-state index contributed by atoms with van der Waals surface area (Å²) in [6, 6.07) is 16.1. The second kappa shape index (κ2) is 8.67. The molecule has 1 unspecified atom stereocenters. The van der Waals surface area contributed by atoms with E-state index in [1.54, 1.807) is 6.20 Å². The van der Waals surface area contributed by atoms with Gasteiger partial charge < -0.3 is 9.72 Å². The Kier molecular flexibility index (Phi) is 6.07. The molecular weight excluding hydrogens is 336 g/mol. The minimum Gasteiger partial charge on any atom is -0.456 e. The van der Waals surface area contributed by atoms with Crippen molar-refractivity contribution >= 4 is 5.97 Å². The van der Waals surface area contributed by atoms with Gasteiger partial charge in [0.2, 0.25) is 0 Å². The quantitative estimate of drug-likeness (QED) is 0.578. The van der Waals surface area contributed by atoms with Gasteiger partial charge in [0.15, 0.2) is 0 Å². The first-order chi connectivity index (χ1) is 13.1. The van der Waals surface area contributed by atoms with E-state index < -0.39 is 5.97 Å². The van der Waals surface area contributed by atoms with E-state index >= 15 is 0 Å². The molecule has 3 aromatic rings. The molecule has 1 atom stereocenters. The second-order valence-electron chi connectivity index (χ2n) is 7.07. The van der Waals surface area contributed by atoms with E-state index in [1.807, 2.05) is 30.3 Å². The molecule has 0 amide bonds. The van der Waals surface area contributed by atoms with E-state index in [1.165, 1.54) is 5.56 Å². The number of aryl methyl sites for hydroxylation is 1. The molecule has 0 saturated heterocycles. The summed E-state index contributed by atoms with van der Waals surface area (Å²) in [6.07, 6.45) is 3.74. The summed E-state index contributed by atoms with van der Waals surface area (Å²) in [5, 5.41) is 0. The second-order valence-corrected chi connectivity index (χ2v) is 7.07. The zero-order valence-electron chi connectivity index (χ0n) is 16.2. The van der Waals surface area contributed by atoms with E-state index in [0.29, 0.717) is 17.4 Å². The Bertz CT molecular complexity index is 900. The number of H-pyrrole nitrogens is 1. The number of aromatic amines is 1. The van der Waals surface area contributed by atoms with Gasteiger partial charge in [-0.05, 0) is 42.0 Å². The van der Waals surface area contributed by atoms with Crippen LogP contribution in [0.1, 0.15) is 47.4 Å². The topological polar surface area (TPSA) is 55.0 Å². The Morgan fingerprint density at radius 2 is 1.93 bits per heavy atom. The normalized spacial score (nSPS) is 12.0. The number of nitrogens with zero attached hydrogens (tertiary/aromatic N) is 1. The van der Waals surface area contributed by atoms with E-state index in [0.717, 1.165) is 29.5 Å². The average molecular weight is 362 g/mol. The summed E-state index contributed by atoms with van der Waals surface area (Å²) in [6.45, 7) is 6.77. The van der Waals surface area contributed by atoms with Crippen molar-refractivity contribution in [2.24, 2.45) is 5.92 Å². The molecule has 0 bridgehead atoms. The number of benzene rings is 2. The predicted octanol–water partition coefficient (Wildman–Crippen LogP) is 5.33. The Labute approximate surface area is 160 Å². The Balaban J connectivity index is 1.73. The van der Waals surface area contributed by atoms with Crippen LogP contribution >= 0.6 is 0 Å². The highest BCUT2D eigenvalue weighted by Gasteiger charge is 2.14. The van der Waals surface area contributed by atoms with Crippen LogP contribution in [-0.2, 0) is 17.8 Å². The van der Waals surface area contributed by atoms with Gasteiger partial charge in [-0.3, -0.25) is 0 Å². The summed E-state index contributed by atoms with van der Waals surface area (Å²) in [4.78, 5) is 19.8. The van der Waals surface area contributed by atoms with Gasteiger partial charge >= 0.3 is 5.97 Å². The van der Waals surface area contributed by atoms with Gasteiger partial charge in [0, 0.05) is 5.56 Å². The van der Waals surface area contributed by atoms with Gasteiger partial charge in [0.05, 0.1) is 6.20 Å². The van der Waals surface area contributed by atoms with Crippen LogP contribution in [0, 0.1) is 12.8 Å². The zero-order chi connectivity index (χ0) is 19.2. The van der Waals surface area contributed by atoms with E-state index in [4.69, 9.17) is 4.74 Å². The van der Waals surface area contributed by atoms with E-state index in [2.05, 4.69) is 48.9 Å². The predicted molar refractivity (Wildman–Crippen MR) is 107 cm³/mol. The molecule has 0 spiro atoms. The molecule has 0 aliphatic heterocycles. The third-order valence-corrected chi connectivity index (χ3v) is 4.85. The first-order valence-corrected chi connectivity index (χ1v) is 9.42. The van der Waals surface area contributed by atoms with Crippen molar-refractivity contribution in [3.05, 3.63) is 77.1 Å². The van der Waals surface area contributed by atoms with Crippen LogP contribution in [0.15, 0.2) is 54.7 Å². The van der Waals surface area contributed by atoms with Gasteiger partial charge in [0.25, 0.3) is 0 Å². The maximum Gasteiger partial charge on any atom is 0.356 e.